The van der Waals surface area contributed by atoms with Gasteiger partial charge in [-0.2, -0.15) is 0 Å². The van der Waals surface area contributed by atoms with Crippen molar-refractivity contribution in [3.63, 3.8) is 0 Å². The number of phenolic OH excluding ortho intramolecular Hbond substituents is 2. The van der Waals surface area contributed by atoms with Gasteiger partial charge in [0.25, 0.3) is 0 Å². The first-order valence-electron chi connectivity index (χ1n) is 32.0. The number of benzene rings is 10. The fraction of sp³-hybridized carbons (Fsp3) is 0.286. The van der Waals surface area contributed by atoms with Crippen LogP contribution in [0.15, 0.2) is 186 Å². The van der Waals surface area contributed by atoms with Crippen molar-refractivity contribution >= 4 is 88.5 Å². The summed E-state index contributed by atoms with van der Waals surface area (Å²) in [4.78, 5) is 20.6. The van der Waals surface area contributed by atoms with Crippen LogP contribution in [0.3, 0.4) is 0 Å². The summed E-state index contributed by atoms with van der Waals surface area (Å²) < 4.78 is 2.30. The minimum atomic E-state index is -0.210. The van der Waals surface area contributed by atoms with E-state index in [-0.39, 0.29) is 65.1 Å². The summed E-state index contributed by atoms with van der Waals surface area (Å²) in [5.74, 6) is 0.573. The minimum Gasteiger partial charge on any atom is -0.507 e. The van der Waals surface area contributed by atoms with Crippen molar-refractivity contribution in [2.45, 2.75) is 157 Å². The Labute approximate surface area is 574 Å². The third-order valence-corrected chi connectivity index (χ3v) is 19.4. The number of phenols is 2. The molecule has 93 heavy (non-hydrogen) atoms. The molecule has 0 bridgehead atoms. The molecule has 12 aromatic rings. The molecule has 0 aliphatic carbocycles. The van der Waals surface area contributed by atoms with Crippen molar-refractivity contribution in [1.82, 2.24) is 9.97 Å². The van der Waals surface area contributed by atoms with Crippen molar-refractivity contribution in [3.05, 3.63) is 226 Å². The van der Waals surface area contributed by atoms with Crippen molar-refractivity contribution in [2.75, 3.05) is 0 Å². The number of nitrogens with zero attached hydrogens (tertiary/aromatic N) is 4. The van der Waals surface area contributed by atoms with E-state index in [9.17, 15) is 10.2 Å². The third-order valence-electron chi connectivity index (χ3n) is 17.4. The Kier molecular flexibility index (Phi) is 18.9. The zero-order valence-corrected chi connectivity index (χ0v) is 61.1. The van der Waals surface area contributed by atoms with Gasteiger partial charge in [-0.1, -0.05) is 239 Å². The van der Waals surface area contributed by atoms with Gasteiger partial charge < -0.3 is 10.2 Å². The van der Waals surface area contributed by atoms with Crippen LogP contribution in [0, 0.1) is 6.07 Å². The number of hydrogen-bond donors (Lipinski definition) is 2. The van der Waals surface area contributed by atoms with E-state index in [4.69, 9.17) is 20.0 Å². The molecule has 10 aromatic carbocycles. The molecule has 12 rings (SSSR count). The molecule has 2 heterocycles. The number of aromatic hydroxyl groups is 2. The zero-order chi connectivity index (χ0) is 66.0. The van der Waals surface area contributed by atoms with Gasteiger partial charge in [0, 0.05) is 82.7 Å². The van der Waals surface area contributed by atoms with Crippen LogP contribution in [0.2, 0.25) is 0 Å². The van der Waals surface area contributed by atoms with Gasteiger partial charge in [0.1, 0.15) is 21.5 Å². The Hall–Kier alpha value is -7.87. The fourth-order valence-corrected chi connectivity index (χ4v) is 13.9. The van der Waals surface area contributed by atoms with Gasteiger partial charge >= 0.3 is 0 Å². The second-order valence-electron chi connectivity index (χ2n) is 30.7. The fourth-order valence-electron chi connectivity index (χ4n) is 11.7. The predicted octanol–water partition coefficient (Wildman–Crippen LogP) is 24.1. The van der Waals surface area contributed by atoms with Gasteiger partial charge in [0.05, 0.1) is 21.6 Å². The Balaban J connectivity index is 0.000000201. The first kappa shape index (κ1) is 68.0. The molecule has 0 unspecified atom stereocenters. The van der Waals surface area contributed by atoms with Crippen LogP contribution in [0.1, 0.15) is 169 Å². The second kappa shape index (κ2) is 25.8. The summed E-state index contributed by atoms with van der Waals surface area (Å²) in [7, 11) is 0. The molecule has 0 saturated heterocycles. The van der Waals surface area contributed by atoms with Crippen LogP contribution in [0.4, 0.5) is 11.4 Å². The number of aromatic nitrogens is 2. The van der Waals surface area contributed by atoms with Crippen LogP contribution in [-0.4, -0.2) is 32.6 Å². The summed E-state index contributed by atoms with van der Waals surface area (Å²) in [6, 6.07) is 65.2. The Morgan fingerprint density at radius 3 is 1.22 bits per heavy atom. The SMILES string of the molecule is CC(C)(C)c1cc(C=Nc2ccccc2-c2nc3c(-c4[c-]ccc5ccccc45)cc(C(C)(C)C)cc3s2)c(O)c(C(C)(C)C)c1.CC(C)(C)c1cc(C=Nc2ccccc2-c2nc3c(-c4cccc5ccccc45)cc(C(C)(C)C)cc3s2)c(O)c(C(C)(C)C)c1.[Pt]. The molecule has 0 atom stereocenters. The Morgan fingerprint density at radius 2 is 0.753 bits per heavy atom. The van der Waals surface area contributed by atoms with Crippen molar-refractivity contribution in [3.8, 4) is 54.9 Å². The summed E-state index contributed by atoms with van der Waals surface area (Å²) in [5.41, 5.74) is 17.7. The molecule has 0 spiro atoms. The Morgan fingerprint density at radius 1 is 0.376 bits per heavy atom. The molecule has 0 radical (unpaired) electrons. The molecule has 9 heteroatoms. The van der Waals surface area contributed by atoms with Crippen LogP contribution < -0.4 is 0 Å². The standard InChI is InChI=1S/C42H44N2OS.C42H43N2OS.Pt/c2*1-40(2,3)28-21-27(38(45)34(23-28)42(7,8)9)25-43-35-20-13-12-18-32(35)39-44-37-33(22-29(41(4,5)6)24-36(37)46-39)31-19-14-16-26-15-10-11-17-30(26)31;/h10-25,45H,1-9H3;10-18,20-25,45H,1-9H3;/q;-1;. The van der Waals surface area contributed by atoms with Gasteiger partial charge in [0.15, 0.2) is 0 Å². The molecule has 0 fully saturated rings. The van der Waals surface area contributed by atoms with Crippen LogP contribution in [-0.2, 0) is 53.6 Å². The number of para-hydroxylation sites is 2. The average Bonchev–Trinajstić information content (AvgIpc) is 1.71. The van der Waals surface area contributed by atoms with Crippen LogP contribution in [0.25, 0.3) is 85.4 Å². The second-order valence-corrected chi connectivity index (χ2v) is 32.8. The largest absolute Gasteiger partial charge is 0.507 e. The summed E-state index contributed by atoms with van der Waals surface area (Å²) in [6.45, 7) is 39.6. The average molecular weight is 1440 g/mol. The molecule has 6 nitrogen and oxygen atoms in total. The smallest absolute Gasteiger partial charge is 0.128 e. The van der Waals surface area contributed by atoms with Crippen molar-refractivity contribution < 1.29 is 31.3 Å². The number of hydrogen-bond acceptors (Lipinski definition) is 8. The molecule has 478 valence electrons. The maximum atomic E-state index is 11.4. The predicted molar refractivity (Wildman–Crippen MR) is 398 cm³/mol. The molecule has 0 amide bonds. The summed E-state index contributed by atoms with van der Waals surface area (Å²) in [5, 5.41) is 29.4. The molecular weight excluding hydrogens is 1360 g/mol. The monoisotopic (exact) mass is 1440 g/mol. The van der Waals surface area contributed by atoms with Crippen LogP contribution >= 0.6 is 22.7 Å². The molecule has 0 aliphatic rings. The minimum absolute atomic E-state index is 0. The molecule has 2 N–H and O–H groups in total. The normalized spacial score (nSPS) is 12.8. The van der Waals surface area contributed by atoms with Gasteiger partial charge in [-0.15, -0.1) is 57.2 Å². The first-order chi connectivity index (χ1) is 43.2. The maximum absolute atomic E-state index is 11.4. The number of fused-ring (bicyclic) bond motifs is 4. The third kappa shape index (κ3) is 14.5. The van der Waals surface area contributed by atoms with E-state index in [2.05, 4.69) is 264 Å². The molecule has 0 saturated carbocycles. The number of thiazole rings is 2. The zero-order valence-electron chi connectivity index (χ0n) is 57.2. The summed E-state index contributed by atoms with van der Waals surface area (Å²) in [6.07, 6.45) is 3.62. The topological polar surface area (TPSA) is 91.0 Å². The van der Waals surface area contributed by atoms with E-state index in [1.54, 1.807) is 28.9 Å². The number of rotatable bonds is 8. The quantitative estimate of drug-likeness (QED) is 0.117. The molecule has 2 aromatic heterocycles. The van der Waals surface area contributed by atoms with Crippen molar-refractivity contribution in [1.29, 1.82) is 0 Å². The van der Waals surface area contributed by atoms with E-state index in [1.807, 2.05) is 48.7 Å². The molecule has 0 aliphatic heterocycles. The van der Waals surface area contributed by atoms with Crippen molar-refractivity contribution in [2.24, 2.45) is 9.98 Å². The first-order valence-corrected chi connectivity index (χ1v) is 33.7. The van der Waals surface area contributed by atoms with Gasteiger partial charge in [-0.3, -0.25) is 9.98 Å². The van der Waals surface area contributed by atoms with E-state index in [0.717, 1.165) is 91.9 Å². The van der Waals surface area contributed by atoms with Gasteiger partial charge in [-0.05, 0) is 126 Å². The van der Waals surface area contributed by atoms with Crippen LogP contribution in [0.5, 0.6) is 11.5 Å². The van der Waals surface area contributed by atoms with E-state index >= 15 is 0 Å². The van der Waals surface area contributed by atoms with Gasteiger partial charge in [-0.25, -0.2) is 9.97 Å². The number of aliphatic imine (C=N–C) groups is 2. The maximum Gasteiger partial charge on any atom is 0.128 e. The van der Waals surface area contributed by atoms with Gasteiger partial charge in [0.2, 0.25) is 0 Å². The van der Waals surface area contributed by atoms with E-state index in [0.29, 0.717) is 0 Å². The van der Waals surface area contributed by atoms with E-state index in [1.165, 1.54) is 49.4 Å². The molecular formula is C84H87N4O2PtS2-. The Bertz CT molecular complexity index is 4530. The van der Waals surface area contributed by atoms with E-state index < -0.39 is 0 Å². The summed E-state index contributed by atoms with van der Waals surface area (Å²) >= 11 is 3.41.